The van der Waals surface area contributed by atoms with Crippen LogP contribution in [0.4, 0.5) is 0 Å². The van der Waals surface area contributed by atoms with Crippen molar-refractivity contribution in [2.75, 3.05) is 14.2 Å². The van der Waals surface area contributed by atoms with Gasteiger partial charge in [-0.05, 0) is 17.7 Å². The second-order valence-corrected chi connectivity index (χ2v) is 3.94. The molecule has 0 fully saturated rings. The van der Waals surface area contributed by atoms with E-state index in [2.05, 4.69) is 15.1 Å². The molecule has 92 valence electrons. The van der Waals surface area contributed by atoms with Crippen molar-refractivity contribution < 1.29 is 9.47 Å². The molecule has 0 unspecified atom stereocenters. The van der Waals surface area contributed by atoms with Crippen molar-refractivity contribution in [3.8, 4) is 11.5 Å². The van der Waals surface area contributed by atoms with Gasteiger partial charge in [-0.1, -0.05) is 0 Å². The van der Waals surface area contributed by atoms with Crippen molar-refractivity contribution in [1.29, 1.82) is 0 Å². The topological polar surface area (TPSA) is 61.5 Å². The van der Waals surface area contributed by atoms with Crippen LogP contribution in [0, 0.1) is 0 Å². The third-order valence-corrected chi connectivity index (χ3v) is 2.92. The Bertz CT molecular complexity index is 741. The molecule has 3 aromatic rings. The number of halogens is 1. The van der Waals surface area contributed by atoms with E-state index in [9.17, 15) is 0 Å². The third kappa shape index (κ3) is 1.46. The third-order valence-electron chi connectivity index (χ3n) is 2.68. The van der Waals surface area contributed by atoms with Gasteiger partial charge in [-0.3, -0.25) is 0 Å². The van der Waals surface area contributed by atoms with E-state index < -0.39 is 0 Å². The van der Waals surface area contributed by atoms with Crippen LogP contribution < -0.4 is 9.47 Å². The van der Waals surface area contributed by atoms with Crippen molar-refractivity contribution in [3.05, 3.63) is 23.7 Å². The Kier molecular flexibility index (Phi) is 2.45. The Hall–Kier alpha value is -2.08. The first-order valence-electron chi connectivity index (χ1n) is 5.15. The summed E-state index contributed by atoms with van der Waals surface area (Å²) in [5, 5.41) is 5.06. The molecule has 0 aliphatic rings. The minimum absolute atomic E-state index is 0.252. The highest BCUT2D eigenvalue weighted by Crippen LogP contribution is 2.33. The van der Waals surface area contributed by atoms with Gasteiger partial charge in [0.05, 0.1) is 19.7 Å². The van der Waals surface area contributed by atoms with Crippen molar-refractivity contribution >= 4 is 28.2 Å². The zero-order valence-corrected chi connectivity index (χ0v) is 10.5. The van der Waals surface area contributed by atoms with Crippen LogP contribution in [0.1, 0.15) is 0 Å². The van der Waals surface area contributed by atoms with Gasteiger partial charge in [0.1, 0.15) is 6.33 Å². The molecule has 0 amide bonds. The molecular weight excluding hydrogens is 256 g/mol. The number of benzene rings is 1. The fraction of sp³-hybridized carbons (Fsp3) is 0.182. The molecule has 1 aromatic carbocycles. The molecule has 7 heteroatoms. The number of aromatic nitrogens is 4. The van der Waals surface area contributed by atoms with Gasteiger partial charge < -0.3 is 9.47 Å². The highest BCUT2D eigenvalue weighted by atomic mass is 35.5. The van der Waals surface area contributed by atoms with Gasteiger partial charge in [-0.2, -0.15) is 9.61 Å². The lowest BCUT2D eigenvalue weighted by molar-refractivity contribution is 0.356. The maximum atomic E-state index is 6.02. The molecule has 0 bridgehead atoms. The van der Waals surface area contributed by atoms with Crippen LogP contribution in [0.15, 0.2) is 18.5 Å². The lowest BCUT2D eigenvalue weighted by Crippen LogP contribution is -1.97. The monoisotopic (exact) mass is 264 g/mol. The number of hydrogen-bond donors (Lipinski definition) is 0. The molecule has 3 rings (SSSR count). The lowest BCUT2D eigenvalue weighted by atomic mass is 10.2. The maximum absolute atomic E-state index is 6.02. The van der Waals surface area contributed by atoms with Gasteiger partial charge in [0, 0.05) is 11.5 Å². The maximum Gasteiger partial charge on any atom is 0.226 e. The standard InChI is InChI=1S/C11H9ClN4O2/c1-17-8-3-6-7(4-9(8)18-2)15-11(12)16-10(6)13-5-14-16/h3-5H,1-2H3. The van der Waals surface area contributed by atoms with E-state index in [1.165, 1.54) is 10.8 Å². The van der Waals surface area contributed by atoms with Crippen LogP contribution in [0.3, 0.4) is 0 Å². The SMILES string of the molecule is COc1cc2nc(Cl)n3ncnc3c2cc1OC. The van der Waals surface area contributed by atoms with Crippen LogP contribution in [0.5, 0.6) is 11.5 Å². The first-order valence-corrected chi connectivity index (χ1v) is 5.53. The van der Waals surface area contributed by atoms with Gasteiger partial charge in [-0.15, -0.1) is 0 Å². The first kappa shape index (κ1) is 11.0. The summed E-state index contributed by atoms with van der Waals surface area (Å²) < 4.78 is 12.0. The minimum atomic E-state index is 0.252. The number of rotatable bonds is 2. The van der Waals surface area contributed by atoms with Crippen LogP contribution in [0.2, 0.25) is 5.28 Å². The van der Waals surface area contributed by atoms with E-state index in [0.717, 1.165) is 5.39 Å². The molecule has 0 aliphatic heterocycles. The minimum Gasteiger partial charge on any atom is -0.493 e. The molecule has 0 saturated heterocycles. The normalized spacial score (nSPS) is 11.1. The van der Waals surface area contributed by atoms with Gasteiger partial charge in [0.2, 0.25) is 5.28 Å². The summed E-state index contributed by atoms with van der Waals surface area (Å²) in [6, 6.07) is 3.57. The summed E-state index contributed by atoms with van der Waals surface area (Å²) in [6.45, 7) is 0. The van der Waals surface area contributed by atoms with E-state index in [1.54, 1.807) is 20.3 Å². The largest absolute Gasteiger partial charge is 0.493 e. The van der Waals surface area contributed by atoms with Crippen LogP contribution >= 0.6 is 11.6 Å². The summed E-state index contributed by atoms with van der Waals surface area (Å²) in [5.41, 5.74) is 1.31. The number of nitrogens with zero attached hydrogens (tertiary/aromatic N) is 4. The summed E-state index contributed by atoms with van der Waals surface area (Å²) >= 11 is 6.02. The molecule has 2 aromatic heterocycles. The predicted molar refractivity (Wildman–Crippen MR) is 66.4 cm³/mol. The van der Waals surface area contributed by atoms with E-state index in [-0.39, 0.29) is 5.28 Å². The number of fused-ring (bicyclic) bond motifs is 3. The number of ether oxygens (including phenoxy) is 2. The lowest BCUT2D eigenvalue weighted by Gasteiger charge is -2.09. The van der Waals surface area contributed by atoms with Gasteiger partial charge in [-0.25, -0.2) is 9.97 Å². The predicted octanol–water partition coefficient (Wildman–Crippen LogP) is 1.95. The summed E-state index contributed by atoms with van der Waals surface area (Å²) in [4.78, 5) is 8.42. The van der Waals surface area contributed by atoms with Crippen molar-refractivity contribution in [2.24, 2.45) is 0 Å². The van der Waals surface area contributed by atoms with E-state index in [1.807, 2.05) is 6.07 Å². The zero-order valence-electron chi connectivity index (χ0n) is 9.72. The van der Waals surface area contributed by atoms with Crippen LogP contribution in [-0.4, -0.2) is 33.8 Å². The first-order chi connectivity index (χ1) is 8.74. The smallest absolute Gasteiger partial charge is 0.226 e. The van der Waals surface area contributed by atoms with Gasteiger partial charge >= 0.3 is 0 Å². The second-order valence-electron chi connectivity index (χ2n) is 3.60. The summed E-state index contributed by atoms with van der Waals surface area (Å²) in [7, 11) is 3.15. The number of methoxy groups -OCH3 is 2. The molecule has 0 atom stereocenters. The molecule has 18 heavy (non-hydrogen) atoms. The van der Waals surface area contributed by atoms with Gasteiger partial charge in [0.15, 0.2) is 17.1 Å². The van der Waals surface area contributed by atoms with E-state index in [4.69, 9.17) is 21.1 Å². The fourth-order valence-corrected chi connectivity index (χ4v) is 2.06. The highest BCUT2D eigenvalue weighted by molar-refractivity contribution is 6.29. The Balaban J connectivity index is 2.46. The van der Waals surface area contributed by atoms with Crippen LogP contribution in [-0.2, 0) is 0 Å². The fourth-order valence-electron chi connectivity index (χ4n) is 1.85. The Labute approximate surface area is 107 Å². The van der Waals surface area contributed by atoms with Crippen molar-refractivity contribution in [1.82, 2.24) is 19.6 Å². The average Bonchev–Trinajstić information content (AvgIpc) is 2.87. The summed E-state index contributed by atoms with van der Waals surface area (Å²) in [5.74, 6) is 1.21. The molecule has 6 nitrogen and oxygen atoms in total. The summed E-state index contributed by atoms with van der Waals surface area (Å²) in [6.07, 6.45) is 1.43. The number of hydrogen-bond acceptors (Lipinski definition) is 5. The Morgan fingerprint density at radius 1 is 1.17 bits per heavy atom. The highest BCUT2D eigenvalue weighted by Gasteiger charge is 2.13. The molecule has 0 N–H and O–H groups in total. The van der Waals surface area contributed by atoms with Crippen LogP contribution in [0.25, 0.3) is 16.6 Å². The zero-order chi connectivity index (χ0) is 12.7. The molecule has 2 heterocycles. The molecular formula is C11H9ClN4O2. The molecule has 0 aliphatic carbocycles. The Morgan fingerprint density at radius 3 is 2.61 bits per heavy atom. The van der Waals surface area contributed by atoms with Crippen molar-refractivity contribution in [2.45, 2.75) is 0 Å². The quantitative estimate of drug-likeness (QED) is 0.662. The van der Waals surface area contributed by atoms with Crippen molar-refractivity contribution in [3.63, 3.8) is 0 Å². The Morgan fingerprint density at radius 2 is 1.89 bits per heavy atom. The van der Waals surface area contributed by atoms with E-state index in [0.29, 0.717) is 22.7 Å². The average molecular weight is 265 g/mol. The molecule has 0 spiro atoms. The molecule has 0 radical (unpaired) electrons. The second kappa shape index (κ2) is 3.99. The van der Waals surface area contributed by atoms with Gasteiger partial charge in [0.25, 0.3) is 0 Å². The molecule has 0 saturated carbocycles. The van der Waals surface area contributed by atoms with E-state index >= 15 is 0 Å².